The van der Waals surface area contributed by atoms with Crippen molar-refractivity contribution < 1.29 is 8.78 Å². The Bertz CT molecular complexity index is 2770. The van der Waals surface area contributed by atoms with Crippen LogP contribution in [0.2, 0.25) is 0 Å². The summed E-state index contributed by atoms with van der Waals surface area (Å²) in [4.78, 5) is 1.79. The van der Waals surface area contributed by atoms with Gasteiger partial charge in [0.25, 0.3) is 6.71 Å². The highest BCUT2D eigenvalue weighted by Gasteiger charge is 2.43. The van der Waals surface area contributed by atoms with Gasteiger partial charge in [-0.3, -0.25) is 0 Å². The third kappa shape index (κ3) is 3.17. The summed E-state index contributed by atoms with van der Waals surface area (Å²) in [6.45, 7) is -0.161. The number of hydrogen-bond acceptors (Lipinski definition) is 1. The number of rotatable bonds is 2. The van der Waals surface area contributed by atoms with Crippen molar-refractivity contribution in [3.8, 4) is 11.4 Å². The zero-order valence-corrected chi connectivity index (χ0v) is 25.5. The van der Waals surface area contributed by atoms with E-state index >= 15 is 8.78 Å². The monoisotopic (exact) mass is 619 g/mol. The molecular formula is C42H24BF2N3. The Morgan fingerprint density at radius 1 is 0.438 bits per heavy atom. The van der Waals surface area contributed by atoms with Crippen molar-refractivity contribution in [2.45, 2.75) is 0 Å². The van der Waals surface area contributed by atoms with Crippen molar-refractivity contribution in [3.05, 3.63) is 157 Å². The number of para-hydroxylation sites is 5. The third-order valence-corrected chi connectivity index (χ3v) is 10.4. The smallest absolute Gasteiger partial charge is 0.252 e. The Hall–Kier alpha value is -6.14. The average molecular weight is 619 g/mol. The first-order valence-electron chi connectivity index (χ1n) is 16.2. The summed E-state index contributed by atoms with van der Waals surface area (Å²) in [5, 5.41) is 4.74. The van der Waals surface area contributed by atoms with E-state index in [2.05, 4.69) is 118 Å². The molecule has 3 nitrogen and oxygen atoms in total. The maximum Gasteiger partial charge on any atom is 0.252 e. The predicted octanol–water partition coefficient (Wildman–Crippen LogP) is 8.77. The quantitative estimate of drug-likeness (QED) is 0.176. The second-order valence-corrected chi connectivity index (χ2v) is 12.8. The highest BCUT2D eigenvalue weighted by molar-refractivity contribution is 7.00. The first-order chi connectivity index (χ1) is 23.7. The van der Waals surface area contributed by atoms with Gasteiger partial charge in [0, 0.05) is 49.8 Å². The van der Waals surface area contributed by atoms with Gasteiger partial charge in [-0.15, -0.1) is 0 Å². The van der Waals surface area contributed by atoms with Gasteiger partial charge < -0.3 is 14.0 Å². The van der Waals surface area contributed by atoms with Crippen molar-refractivity contribution in [1.82, 2.24) is 9.13 Å². The van der Waals surface area contributed by atoms with Crippen molar-refractivity contribution in [2.24, 2.45) is 0 Å². The Kier molecular flexibility index (Phi) is 5.00. The lowest BCUT2D eigenvalue weighted by Gasteiger charge is -2.40. The molecule has 0 saturated heterocycles. The van der Waals surface area contributed by atoms with Crippen LogP contribution in [-0.2, 0) is 0 Å². The minimum atomic E-state index is -0.603. The SMILES string of the molecule is Fc1cccc(F)c1N1c2ccc(-n3c4ccccc4c4ccccc43)cc2B2c3c1cccc3-n1c3ccccc3c3cccc2c31. The number of hydrogen-bond donors (Lipinski definition) is 0. The van der Waals surface area contributed by atoms with E-state index in [0.717, 1.165) is 50.2 Å². The van der Waals surface area contributed by atoms with Crippen LogP contribution in [0.25, 0.3) is 55.0 Å². The van der Waals surface area contributed by atoms with Gasteiger partial charge in [-0.1, -0.05) is 84.9 Å². The predicted molar refractivity (Wildman–Crippen MR) is 194 cm³/mol. The fourth-order valence-corrected chi connectivity index (χ4v) is 8.62. The van der Waals surface area contributed by atoms with E-state index in [1.165, 1.54) is 50.7 Å². The topological polar surface area (TPSA) is 13.1 Å². The second kappa shape index (κ2) is 9.23. The van der Waals surface area contributed by atoms with Gasteiger partial charge in [0.05, 0.1) is 16.6 Å². The maximum atomic E-state index is 15.9. The highest BCUT2D eigenvalue weighted by Crippen LogP contribution is 2.43. The Balaban J connectivity index is 1.29. The highest BCUT2D eigenvalue weighted by atomic mass is 19.1. The summed E-state index contributed by atoms with van der Waals surface area (Å²) >= 11 is 0. The van der Waals surface area contributed by atoms with Crippen LogP contribution in [0.3, 0.4) is 0 Å². The Morgan fingerprint density at radius 3 is 1.71 bits per heavy atom. The van der Waals surface area contributed by atoms with Crippen LogP contribution in [0.4, 0.5) is 25.8 Å². The molecule has 48 heavy (non-hydrogen) atoms. The molecule has 0 bridgehead atoms. The van der Waals surface area contributed by atoms with Crippen LogP contribution in [0.1, 0.15) is 0 Å². The summed E-state index contributed by atoms with van der Waals surface area (Å²) in [6.07, 6.45) is 0. The van der Waals surface area contributed by atoms with Crippen LogP contribution in [-0.4, -0.2) is 15.8 Å². The van der Waals surface area contributed by atoms with E-state index in [1.54, 1.807) is 4.90 Å². The minimum absolute atomic E-state index is 0.0726. The van der Waals surface area contributed by atoms with E-state index in [-0.39, 0.29) is 12.4 Å². The molecule has 224 valence electrons. The number of nitrogens with zero attached hydrogens (tertiary/aromatic N) is 3. The summed E-state index contributed by atoms with van der Waals surface area (Å²) in [6, 6.07) is 48.6. The molecule has 2 aliphatic rings. The van der Waals surface area contributed by atoms with Crippen LogP contribution in [0, 0.1) is 11.6 Å². The number of aromatic nitrogens is 2. The third-order valence-electron chi connectivity index (χ3n) is 10.4. The number of fused-ring (bicyclic) bond motifs is 10. The van der Waals surface area contributed by atoms with Crippen molar-refractivity contribution in [1.29, 1.82) is 0 Å². The molecule has 0 unspecified atom stereocenters. The second-order valence-electron chi connectivity index (χ2n) is 12.8. The van der Waals surface area contributed by atoms with Crippen LogP contribution in [0.15, 0.2) is 146 Å². The number of halogens is 2. The van der Waals surface area contributed by atoms with Crippen LogP contribution >= 0.6 is 0 Å². The number of benzene rings is 7. The fraction of sp³-hybridized carbons (Fsp3) is 0. The molecule has 0 saturated carbocycles. The molecule has 0 atom stereocenters. The first kappa shape index (κ1) is 26.0. The molecule has 6 heteroatoms. The van der Waals surface area contributed by atoms with E-state index in [9.17, 15) is 0 Å². The molecule has 0 radical (unpaired) electrons. The van der Waals surface area contributed by atoms with Gasteiger partial charge in [-0.05, 0) is 77.1 Å². The molecule has 0 fully saturated rings. The molecule has 7 aromatic carbocycles. The molecule has 0 spiro atoms. The van der Waals surface area contributed by atoms with E-state index < -0.39 is 11.6 Å². The van der Waals surface area contributed by atoms with Gasteiger partial charge in [0.2, 0.25) is 0 Å². The van der Waals surface area contributed by atoms with Crippen molar-refractivity contribution >= 4 is 83.8 Å². The van der Waals surface area contributed by atoms with Gasteiger partial charge in [-0.2, -0.15) is 0 Å². The summed E-state index contributed by atoms with van der Waals surface area (Å²) in [5.74, 6) is -1.21. The zero-order chi connectivity index (χ0) is 31.7. The fourth-order valence-electron chi connectivity index (χ4n) is 8.62. The summed E-state index contributed by atoms with van der Waals surface area (Å²) < 4.78 is 36.4. The van der Waals surface area contributed by atoms with Crippen molar-refractivity contribution in [2.75, 3.05) is 4.90 Å². The standard InChI is InChI=1S/C42H24BF2N3/c44-32-15-8-16-33(45)42(32)48-37-23-22-25(46-34-17-4-1-10-26(34)27-11-2-5-18-35(27)46)24-31(37)43-30-14-7-13-29-28-12-3-6-19-36(28)47(41(29)30)38-20-9-21-39(48)40(38)43/h1-24H. The van der Waals surface area contributed by atoms with E-state index in [4.69, 9.17) is 0 Å². The van der Waals surface area contributed by atoms with Crippen molar-refractivity contribution in [3.63, 3.8) is 0 Å². The van der Waals surface area contributed by atoms with E-state index in [0.29, 0.717) is 0 Å². The molecule has 0 amide bonds. The molecule has 9 aromatic rings. The molecule has 2 aliphatic heterocycles. The summed E-state index contributed by atoms with van der Waals surface area (Å²) in [7, 11) is 0. The Morgan fingerprint density at radius 2 is 1.00 bits per heavy atom. The summed E-state index contributed by atoms with van der Waals surface area (Å²) in [5.41, 5.74) is 11.2. The molecule has 2 aromatic heterocycles. The zero-order valence-electron chi connectivity index (χ0n) is 25.5. The molecule has 0 aliphatic carbocycles. The van der Waals surface area contributed by atoms with Gasteiger partial charge >= 0.3 is 0 Å². The van der Waals surface area contributed by atoms with Gasteiger partial charge in [0.15, 0.2) is 0 Å². The normalized spacial score (nSPS) is 13.1. The molecular weight excluding hydrogens is 595 g/mol. The lowest BCUT2D eigenvalue weighted by Crippen LogP contribution is -2.60. The Labute approximate surface area is 274 Å². The van der Waals surface area contributed by atoms with Crippen LogP contribution in [0.5, 0.6) is 0 Å². The maximum absolute atomic E-state index is 15.9. The molecule has 0 N–H and O–H groups in total. The molecule has 4 heterocycles. The lowest BCUT2D eigenvalue weighted by molar-refractivity contribution is 0.586. The van der Waals surface area contributed by atoms with E-state index in [1.807, 2.05) is 18.2 Å². The minimum Gasteiger partial charge on any atom is -0.310 e. The largest absolute Gasteiger partial charge is 0.310 e. The lowest BCUT2D eigenvalue weighted by atomic mass is 9.34. The first-order valence-corrected chi connectivity index (χ1v) is 16.2. The van der Waals surface area contributed by atoms with Gasteiger partial charge in [0.1, 0.15) is 17.3 Å². The number of anilines is 3. The van der Waals surface area contributed by atoms with Crippen LogP contribution < -0.4 is 21.3 Å². The average Bonchev–Trinajstić information content (AvgIpc) is 3.64. The molecule has 11 rings (SSSR count). The van der Waals surface area contributed by atoms with Gasteiger partial charge in [-0.25, -0.2) is 8.78 Å².